The number of carbonyl (C=O) groups is 1. The summed E-state index contributed by atoms with van der Waals surface area (Å²) in [5, 5.41) is 10.1. The second-order valence-electron chi connectivity index (χ2n) is 10.5. The van der Waals surface area contributed by atoms with Crippen molar-refractivity contribution in [1.29, 1.82) is 5.26 Å². The average molecular weight is 483 g/mol. The van der Waals surface area contributed by atoms with Gasteiger partial charge in [-0.05, 0) is 49.9 Å². The van der Waals surface area contributed by atoms with Gasteiger partial charge in [0.15, 0.2) is 0 Å². The van der Waals surface area contributed by atoms with Crippen LogP contribution >= 0.6 is 0 Å². The maximum absolute atomic E-state index is 13.6. The summed E-state index contributed by atoms with van der Waals surface area (Å²) < 4.78 is 33.1. The van der Waals surface area contributed by atoms with Gasteiger partial charge in [0.05, 0.1) is 29.9 Å². The van der Waals surface area contributed by atoms with Gasteiger partial charge in [0.1, 0.15) is 23.5 Å². The molecule has 0 spiro atoms. The molecule has 6 nitrogen and oxygen atoms in total. The number of halogens is 2. The van der Waals surface area contributed by atoms with E-state index in [2.05, 4.69) is 24.8 Å². The van der Waals surface area contributed by atoms with Gasteiger partial charge in [-0.25, -0.2) is 13.8 Å². The van der Waals surface area contributed by atoms with Crippen molar-refractivity contribution in [2.24, 2.45) is 0 Å². The zero-order chi connectivity index (χ0) is 25.5. The van der Waals surface area contributed by atoms with Crippen LogP contribution in [-0.2, 0) is 29.0 Å². The summed E-state index contributed by atoms with van der Waals surface area (Å²) in [5.41, 5.74) is 3.52. The van der Waals surface area contributed by atoms with Crippen molar-refractivity contribution < 1.29 is 18.3 Å². The number of ether oxygens (including phenoxy) is 1. The highest BCUT2D eigenvalue weighted by atomic mass is 19.1. The number of aromatic nitrogens is 1. The third-order valence-electron chi connectivity index (χ3n) is 6.82. The first-order chi connectivity index (χ1) is 16.5. The SMILES string of the molecule is CC(C)c1nc(N2CCN(C(=O)Cc3cc(F)cc(F)c3)C(C)C2)c(C#N)c2c1COC(C)(C)C2. The summed E-state index contributed by atoms with van der Waals surface area (Å²) in [4.78, 5) is 21.7. The van der Waals surface area contributed by atoms with E-state index in [1.165, 1.54) is 12.1 Å². The summed E-state index contributed by atoms with van der Waals surface area (Å²) in [6.45, 7) is 12.1. The minimum absolute atomic E-state index is 0.0634. The second-order valence-corrected chi connectivity index (χ2v) is 10.5. The molecule has 3 heterocycles. The van der Waals surface area contributed by atoms with E-state index in [4.69, 9.17) is 9.72 Å². The number of nitriles is 1. The Morgan fingerprint density at radius 2 is 1.91 bits per heavy atom. The van der Waals surface area contributed by atoms with Crippen LogP contribution < -0.4 is 4.90 Å². The zero-order valence-electron chi connectivity index (χ0n) is 21.0. The summed E-state index contributed by atoms with van der Waals surface area (Å²) in [7, 11) is 0. The van der Waals surface area contributed by atoms with Crippen LogP contribution in [0.4, 0.5) is 14.6 Å². The Hall–Kier alpha value is -3.05. The number of anilines is 1. The molecule has 2 aliphatic rings. The molecule has 0 saturated carbocycles. The topological polar surface area (TPSA) is 69.5 Å². The molecule has 4 rings (SSSR count). The molecule has 2 aromatic rings. The van der Waals surface area contributed by atoms with Gasteiger partial charge in [-0.1, -0.05) is 13.8 Å². The van der Waals surface area contributed by atoms with Gasteiger partial charge in [-0.15, -0.1) is 0 Å². The first-order valence-corrected chi connectivity index (χ1v) is 12.1. The lowest BCUT2D eigenvalue weighted by Crippen LogP contribution is -2.55. The molecule has 1 saturated heterocycles. The fourth-order valence-electron chi connectivity index (χ4n) is 5.11. The molecule has 1 aromatic heterocycles. The lowest BCUT2D eigenvalue weighted by Gasteiger charge is -2.42. The molecular formula is C27H32F2N4O2. The van der Waals surface area contributed by atoms with E-state index in [9.17, 15) is 18.8 Å². The quantitative estimate of drug-likeness (QED) is 0.643. The van der Waals surface area contributed by atoms with Crippen molar-refractivity contribution in [2.45, 2.75) is 71.6 Å². The zero-order valence-corrected chi connectivity index (χ0v) is 21.0. The van der Waals surface area contributed by atoms with Crippen molar-refractivity contribution in [3.05, 3.63) is 57.8 Å². The molecule has 35 heavy (non-hydrogen) atoms. The van der Waals surface area contributed by atoms with E-state index < -0.39 is 11.6 Å². The van der Waals surface area contributed by atoms with E-state index in [-0.39, 0.29) is 29.9 Å². The van der Waals surface area contributed by atoms with Crippen molar-refractivity contribution in [3.63, 3.8) is 0 Å². The van der Waals surface area contributed by atoms with Gasteiger partial charge in [0.25, 0.3) is 0 Å². The van der Waals surface area contributed by atoms with Crippen molar-refractivity contribution in [1.82, 2.24) is 9.88 Å². The molecular weight excluding hydrogens is 450 g/mol. The highest BCUT2D eigenvalue weighted by Gasteiger charge is 2.35. The van der Waals surface area contributed by atoms with Gasteiger partial charge in [0.2, 0.25) is 5.91 Å². The Labute approximate surface area is 205 Å². The maximum atomic E-state index is 13.6. The summed E-state index contributed by atoms with van der Waals surface area (Å²) in [6.07, 6.45) is 0.574. The average Bonchev–Trinajstić information content (AvgIpc) is 2.76. The summed E-state index contributed by atoms with van der Waals surface area (Å²) in [6, 6.07) is 5.43. The molecule has 186 valence electrons. The normalized spacial score (nSPS) is 19.5. The Morgan fingerprint density at radius 1 is 1.23 bits per heavy atom. The summed E-state index contributed by atoms with van der Waals surface area (Å²) >= 11 is 0. The second kappa shape index (κ2) is 9.54. The monoisotopic (exact) mass is 482 g/mol. The van der Waals surface area contributed by atoms with Gasteiger partial charge in [-0.2, -0.15) is 5.26 Å². The summed E-state index contributed by atoms with van der Waals surface area (Å²) in [5.74, 6) is -0.723. The van der Waals surface area contributed by atoms with Crippen molar-refractivity contribution in [2.75, 3.05) is 24.5 Å². The highest BCUT2D eigenvalue weighted by molar-refractivity contribution is 5.79. The number of amides is 1. The Bertz CT molecular complexity index is 1170. The number of benzene rings is 1. The molecule has 8 heteroatoms. The van der Waals surface area contributed by atoms with Gasteiger partial charge in [0, 0.05) is 43.7 Å². The lowest BCUT2D eigenvalue weighted by molar-refractivity contribution is -0.132. The largest absolute Gasteiger partial charge is 0.370 e. The van der Waals surface area contributed by atoms with Gasteiger partial charge < -0.3 is 14.5 Å². The molecule has 1 amide bonds. The number of nitrogens with zero attached hydrogens (tertiary/aromatic N) is 4. The fraction of sp³-hybridized carbons (Fsp3) is 0.519. The number of piperazine rings is 1. The molecule has 0 radical (unpaired) electrons. The van der Waals surface area contributed by atoms with Crippen molar-refractivity contribution >= 4 is 11.7 Å². The number of hydrogen-bond donors (Lipinski definition) is 0. The first-order valence-electron chi connectivity index (χ1n) is 12.1. The van der Waals surface area contributed by atoms with Crippen LogP contribution in [0.25, 0.3) is 0 Å². The fourth-order valence-corrected chi connectivity index (χ4v) is 5.11. The number of rotatable bonds is 4. The highest BCUT2D eigenvalue weighted by Crippen LogP contribution is 2.38. The van der Waals surface area contributed by atoms with Crippen molar-refractivity contribution in [3.8, 4) is 6.07 Å². The lowest BCUT2D eigenvalue weighted by atomic mass is 9.86. The molecule has 0 N–H and O–H groups in total. The Balaban J connectivity index is 1.59. The number of pyridine rings is 1. The minimum atomic E-state index is -0.692. The van der Waals surface area contributed by atoms with Crippen LogP contribution in [0.2, 0.25) is 0 Å². The number of fused-ring (bicyclic) bond motifs is 1. The number of carbonyl (C=O) groups excluding carboxylic acids is 1. The maximum Gasteiger partial charge on any atom is 0.227 e. The predicted molar refractivity (Wildman–Crippen MR) is 129 cm³/mol. The molecule has 1 aromatic carbocycles. The smallest absolute Gasteiger partial charge is 0.227 e. The van der Waals surface area contributed by atoms with Crippen LogP contribution in [0.1, 0.15) is 68.5 Å². The van der Waals surface area contributed by atoms with Crippen LogP contribution in [0.5, 0.6) is 0 Å². The molecule has 1 atom stereocenters. The Kier molecular flexibility index (Phi) is 6.83. The van der Waals surface area contributed by atoms with Crippen LogP contribution in [0, 0.1) is 23.0 Å². The first kappa shape index (κ1) is 25.1. The molecule has 2 aliphatic heterocycles. The van der Waals surface area contributed by atoms with E-state index in [0.717, 1.165) is 22.9 Å². The van der Waals surface area contributed by atoms with Gasteiger partial charge >= 0.3 is 0 Å². The van der Waals surface area contributed by atoms with Gasteiger partial charge in [-0.3, -0.25) is 4.79 Å². The molecule has 0 aliphatic carbocycles. The van der Waals surface area contributed by atoms with Crippen LogP contribution in [0.3, 0.4) is 0 Å². The van der Waals surface area contributed by atoms with E-state index in [1.54, 1.807) is 4.90 Å². The van der Waals surface area contributed by atoms with E-state index in [0.29, 0.717) is 49.6 Å². The standard InChI is InChI=1S/C27H32F2N4O2/c1-16(2)25-23-15-35-27(4,5)12-21(23)22(13-30)26(31-25)32-6-7-33(17(3)14-32)24(34)10-18-8-19(28)11-20(29)9-18/h8-9,11,16-17H,6-7,10,12,14-15H2,1-5H3. The molecule has 0 bridgehead atoms. The Morgan fingerprint density at radius 3 is 2.51 bits per heavy atom. The van der Waals surface area contributed by atoms with Crippen LogP contribution in [-0.4, -0.2) is 47.1 Å². The molecule has 1 fully saturated rings. The number of hydrogen-bond acceptors (Lipinski definition) is 5. The van der Waals surface area contributed by atoms with E-state index in [1.807, 2.05) is 20.8 Å². The third kappa shape index (κ3) is 5.15. The minimum Gasteiger partial charge on any atom is -0.370 e. The molecule has 1 unspecified atom stereocenters. The predicted octanol–water partition coefficient (Wildman–Crippen LogP) is 4.49. The van der Waals surface area contributed by atoms with E-state index >= 15 is 0 Å². The van der Waals surface area contributed by atoms with Crippen LogP contribution in [0.15, 0.2) is 18.2 Å². The third-order valence-corrected chi connectivity index (χ3v) is 6.82.